The van der Waals surface area contributed by atoms with Crippen LogP contribution in [0.25, 0.3) is 6.08 Å². The highest BCUT2D eigenvalue weighted by Gasteiger charge is 1.99. The predicted molar refractivity (Wildman–Crippen MR) is 63.1 cm³/mol. The van der Waals surface area contributed by atoms with Gasteiger partial charge >= 0.3 is 5.97 Å². The fraction of sp³-hybridized carbons (Fsp3) is 0.308. The quantitative estimate of drug-likeness (QED) is 0.793. The molecule has 1 rings (SSSR count). The van der Waals surface area contributed by atoms with Crippen LogP contribution in [-0.2, 0) is 9.53 Å². The van der Waals surface area contributed by atoms with E-state index in [0.717, 1.165) is 5.56 Å². The first-order valence-electron chi connectivity index (χ1n) is 5.25. The summed E-state index contributed by atoms with van der Waals surface area (Å²) in [6.07, 6.45) is 3.62. The summed E-state index contributed by atoms with van der Waals surface area (Å²) < 4.78 is 4.78. The first-order valence-corrected chi connectivity index (χ1v) is 5.25. The summed E-state index contributed by atoms with van der Waals surface area (Å²) in [5.74, 6) is -0.0366. The molecule has 0 aromatic heterocycles. The van der Waals surface area contributed by atoms with Gasteiger partial charge in [0.25, 0.3) is 0 Å². The molecule has 3 nitrogen and oxygen atoms in total. The second-order valence-electron chi connectivity index (χ2n) is 3.47. The van der Waals surface area contributed by atoms with Crippen LogP contribution < -0.4 is 0 Å². The number of carbonyl (C=O) groups is 1. The molecule has 0 saturated carbocycles. The van der Waals surface area contributed by atoms with Gasteiger partial charge in [0.2, 0.25) is 0 Å². The van der Waals surface area contributed by atoms with Crippen molar-refractivity contribution in [1.82, 2.24) is 0 Å². The maximum absolute atomic E-state index is 11.0. The molecule has 1 N–H and O–H groups in total. The lowest BCUT2D eigenvalue weighted by atomic mass is 10.1. The third kappa shape index (κ3) is 3.77. The van der Waals surface area contributed by atoms with Crippen LogP contribution in [0.3, 0.4) is 0 Å². The summed E-state index contributed by atoms with van der Waals surface area (Å²) >= 11 is 0. The summed E-state index contributed by atoms with van der Waals surface area (Å²) in [6.45, 7) is 4.07. The highest BCUT2D eigenvalue weighted by Crippen LogP contribution is 2.19. The summed E-state index contributed by atoms with van der Waals surface area (Å²) in [5, 5.41) is 9.59. The van der Waals surface area contributed by atoms with Gasteiger partial charge < -0.3 is 9.84 Å². The van der Waals surface area contributed by atoms with Crippen molar-refractivity contribution >= 4 is 12.0 Å². The van der Waals surface area contributed by atoms with Gasteiger partial charge in [-0.3, -0.25) is 4.79 Å². The number of carbonyl (C=O) groups excluding carboxylic acids is 1. The summed E-state index contributed by atoms with van der Waals surface area (Å²) in [6, 6.07) is 5.40. The largest absolute Gasteiger partial charge is 0.507 e. The standard InChI is InChI=1S/C13H16O3/c1-3-16-13(15)6-4-5-11-8-7-10(2)9-12(11)14/h4-5,7-9,14H,3,6H2,1-2H3. The van der Waals surface area contributed by atoms with Crippen molar-refractivity contribution in [2.24, 2.45) is 0 Å². The van der Waals surface area contributed by atoms with Gasteiger partial charge in [-0.2, -0.15) is 0 Å². The molecule has 0 spiro atoms. The summed E-state index contributed by atoms with van der Waals surface area (Å²) in [4.78, 5) is 11.0. The number of hydrogen-bond donors (Lipinski definition) is 1. The highest BCUT2D eigenvalue weighted by molar-refractivity contribution is 5.73. The van der Waals surface area contributed by atoms with E-state index in [0.29, 0.717) is 12.2 Å². The van der Waals surface area contributed by atoms with Crippen molar-refractivity contribution in [1.29, 1.82) is 0 Å². The van der Waals surface area contributed by atoms with Crippen molar-refractivity contribution in [3.8, 4) is 5.75 Å². The molecule has 0 bridgehead atoms. The van der Waals surface area contributed by atoms with E-state index in [2.05, 4.69) is 0 Å². The van der Waals surface area contributed by atoms with Gasteiger partial charge in [-0.25, -0.2) is 0 Å². The Labute approximate surface area is 95.4 Å². The van der Waals surface area contributed by atoms with Crippen LogP contribution in [0.4, 0.5) is 0 Å². The average molecular weight is 220 g/mol. The predicted octanol–water partition coefficient (Wildman–Crippen LogP) is 2.67. The number of rotatable bonds is 4. The zero-order valence-electron chi connectivity index (χ0n) is 9.56. The third-order valence-electron chi connectivity index (χ3n) is 2.07. The van der Waals surface area contributed by atoms with E-state index in [1.807, 2.05) is 19.1 Å². The molecule has 0 aliphatic rings. The van der Waals surface area contributed by atoms with Gasteiger partial charge in [0.05, 0.1) is 13.0 Å². The number of phenols is 1. The first kappa shape index (κ1) is 12.3. The van der Waals surface area contributed by atoms with Gasteiger partial charge in [0.1, 0.15) is 5.75 Å². The number of ether oxygens (including phenoxy) is 1. The molecule has 0 heterocycles. The van der Waals surface area contributed by atoms with Crippen LogP contribution in [-0.4, -0.2) is 17.7 Å². The minimum absolute atomic E-state index is 0.222. The minimum atomic E-state index is -0.259. The van der Waals surface area contributed by atoms with E-state index in [1.54, 1.807) is 25.1 Å². The Morgan fingerprint density at radius 3 is 2.88 bits per heavy atom. The Morgan fingerprint density at radius 1 is 1.50 bits per heavy atom. The molecule has 16 heavy (non-hydrogen) atoms. The topological polar surface area (TPSA) is 46.5 Å². The summed E-state index contributed by atoms with van der Waals surface area (Å²) in [7, 11) is 0. The van der Waals surface area contributed by atoms with Crippen LogP contribution in [0.5, 0.6) is 5.75 Å². The molecule has 1 aromatic rings. The number of benzene rings is 1. The molecule has 0 radical (unpaired) electrons. The van der Waals surface area contributed by atoms with Crippen LogP contribution >= 0.6 is 0 Å². The average Bonchev–Trinajstić information content (AvgIpc) is 2.22. The molecule has 3 heteroatoms. The van der Waals surface area contributed by atoms with Crippen LogP contribution in [0, 0.1) is 6.92 Å². The van der Waals surface area contributed by atoms with Crippen molar-refractivity contribution in [3.05, 3.63) is 35.4 Å². The fourth-order valence-corrected chi connectivity index (χ4v) is 1.30. The van der Waals surface area contributed by atoms with Gasteiger partial charge in [-0.15, -0.1) is 0 Å². The maximum Gasteiger partial charge on any atom is 0.309 e. The number of esters is 1. The van der Waals surface area contributed by atoms with E-state index >= 15 is 0 Å². The Hall–Kier alpha value is -1.77. The lowest BCUT2D eigenvalue weighted by molar-refractivity contribution is -0.142. The van der Waals surface area contributed by atoms with Gasteiger partial charge in [-0.1, -0.05) is 24.3 Å². The minimum Gasteiger partial charge on any atom is -0.507 e. The molecule has 0 unspecified atom stereocenters. The molecular formula is C13H16O3. The number of hydrogen-bond acceptors (Lipinski definition) is 3. The SMILES string of the molecule is CCOC(=O)CC=Cc1ccc(C)cc1O. The molecule has 0 atom stereocenters. The van der Waals surface area contributed by atoms with Crippen molar-refractivity contribution in [2.45, 2.75) is 20.3 Å². The Balaban J connectivity index is 2.59. The highest BCUT2D eigenvalue weighted by atomic mass is 16.5. The monoisotopic (exact) mass is 220 g/mol. The molecule has 0 saturated heterocycles. The van der Waals surface area contributed by atoms with E-state index in [9.17, 15) is 9.90 Å². The van der Waals surface area contributed by atoms with Crippen molar-refractivity contribution < 1.29 is 14.6 Å². The van der Waals surface area contributed by atoms with E-state index in [4.69, 9.17) is 4.74 Å². The zero-order valence-corrected chi connectivity index (χ0v) is 9.56. The number of phenolic OH excluding ortho intramolecular Hbond substituents is 1. The molecule has 0 amide bonds. The number of aryl methyl sites for hydroxylation is 1. The lowest BCUT2D eigenvalue weighted by Gasteiger charge is -2.00. The van der Waals surface area contributed by atoms with Crippen LogP contribution in [0.2, 0.25) is 0 Å². The van der Waals surface area contributed by atoms with Crippen LogP contribution in [0.15, 0.2) is 24.3 Å². The molecular weight excluding hydrogens is 204 g/mol. The lowest BCUT2D eigenvalue weighted by Crippen LogP contribution is -2.01. The normalized spacial score (nSPS) is 10.6. The second-order valence-corrected chi connectivity index (χ2v) is 3.47. The van der Waals surface area contributed by atoms with Crippen LogP contribution in [0.1, 0.15) is 24.5 Å². The molecule has 1 aromatic carbocycles. The van der Waals surface area contributed by atoms with Gasteiger partial charge in [0, 0.05) is 5.56 Å². The van der Waals surface area contributed by atoms with E-state index in [-0.39, 0.29) is 18.1 Å². The zero-order chi connectivity index (χ0) is 12.0. The van der Waals surface area contributed by atoms with Gasteiger partial charge in [-0.05, 0) is 25.5 Å². The Bertz CT molecular complexity index is 394. The smallest absolute Gasteiger partial charge is 0.309 e. The first-order chi connectivity index (χ1) is 7.63. The fourth-order valence-electron chi connectivity index (χ4n) is 1.30. The number of aromatic hydroxyl groups is 1. The Morgan fingerprint density at radius 2 is 2.25 bits per heavy atom. The van der Waals surface area contributed by atoms with Gasteiger partial charge in [0.15, 0.2) is 0 Å². The Kier molecular flexibility index (Phi) is 4.58. The van der Waals surface area contributed by atoms with Crippen molar-refractivity contribution in [2.75, 3.05) is 6.61 Å². The molecule has 0 fully saturated rings. The third-order valence-corrected chi connectivity index (χ3v) is 2.07. The maximum atomic E-state index is 11.0. The molecule has 0 aliphatic heterocycles. The van der Waals surface area contributed by atoms with E-state index in [1.165, 1.54) is 0 Å². The second kappa shape index (κ2) is 5.95. The summed E-state index contributed by atoms with van der Waals surface area (Å²) in [5.41, 5.74) is 1.70. The molecule has 0 aliphatic carbocycles. The molecule has 86 valence electrons. The van der Waals surface area contributed by atoms with E-state index < -0.39 is 0 Å². The van der Waals surface area contributed by atoms with Crippen molar-refractivity contribution in [3.63, 3.8) is 0 Å².